The first kappa shape index (κ1) is 17.6. The number of aromatic nitrogens is 3. The van der Waals surface area contributed by atoms with Crippen molar-refractivity contribution in [2.24, 2.45) is 0 Å². The van der Waals surface area contributed by atoms with E-state index in [0.717, 1.165) is 44.6 Å². The molecule has 0 aromatic carbocycles. The molecule has 0 fully saturated rings. The minimum absolute atomic E-state index is 0.0807. The normalized spacial score (nSPS) is 15.0. The van der Waals surface area contributed by atoms with Crippen LogP contribution in [0.25, 0.3) is 0 Å². The van der Waals surface area contributed by atoms with Gasteiger partial charge in [-0.2, -0.15) is 5.10 Å². The number of nitrogens with zero attached hydrogens (tertiary/aromatic N) is 4. The molecule has 134 valence electrons. The van der Waals surface area contributed by atoms with Gasteiger partial charge in [0.2, 0.25) is 0 Å². The van der Waals surface area contributed by atoms with Crippen LogP contribution in [0.4, 0.5) is 0 Å². The molecule has 1 amide bonds. The first-order valence-electron chi connectivity index (χ1n) is 9.11. The fourth-order valence-electron chi connectivity index (χ4n) is 3.17. The van der Waals surface area contributed by atoms with Crippen LogP contribution in [0.1, 0.15) is 48.4 Å². The molecule has 0 aliphatic carbocycles. The topological polar surface area (TPSA) is 63.1 Å². The number of pyridine rings is 1. The molecule has 3 rings (SSSR count). The van der Waals surface area contributed by atoms with E-state index < -0.39 is 0 Å². The van der Waals surface area contributed by atoms with Gasteiger partial charge in [0.25, 0.3) is 5.91 Å². The summed E-state index contributed by atoms with van der Waals surface area (Å²) in [7, 11) is 0. The highest BCUT2D eigenvalue weighted by Gasteiger charge is 2.20. The monoisotopic (exact) mass is 341 g/mol. The molecule has 0 saturated heterocycles. The minimum Gasteiger partial charge on any atom is -0.351 e. The van der Waals surface area contributed by atoms with Crippen LogP contribution >= 0.6 is 0 Å². The van der Waals surface area contributed by atoms with Crippen molar-refractivity contribution in [1.29, 1.82) is 0 Å². The number of rotatable bonds is 6. The van der Waals surface area contributed by atoms with Crippen molar-refractivity contribution >= 4 is 5.91 Å². The second kappa shape index (κ2) is 8.25. The van der Waals surface area contributed by atoms with Crippen molar-refractivity contribution in [3.8, 4) is 0 Å². The number of fused-ring (bicyclic) bond motifs is 1. The van der Waals surface area contributed by atoms with E-state index in [0.29, 0.717) is 18.3 Å². The average molecular weight is 341 g/mol. The van der Waals surface area contributed by atoms with Crippen LogP contribution in [0.5, 0.6) is 0 Å². The minimum atomic E-state index is -0.0807. The fourth-order valence-corrected chi connectivity index (χ4v) is 3.17. The van der Waals surface area contributed by atoms with Crippen molar-refractivity contribution < 1.29 is 4.79 Å². The SMILES string of the molecule is CC(C)N1CCCn2nc(C(=O)NCCCc3cccnc3)cc2C1. The third-order valence-electron chi connectivity index (χ3n) is 4.66. The summed E-state index contributed by atoms with van der Waals surface area (Å²) in [6, 6.07) is 6.44. The molecular weight excluding hydrogens is 314 g/mol. The Morgan fingerprint density at radius 3 is 3.00 bits per heavy atom. The van der Waals surface area contributed by atoms with Gasteiger partial charge in [-0.15, -0.1) is 0 Å². The molecular formula is C19H27N5O. The molecule has 0 saturated carbocycles. The molecule has 1 N–H and O–H groups in total. The van der Waals surface area contributed by atoms with Crippen molar-refractivity contribution in [3.63, 3.8) is 0 Å². The van der Waals surface area contributed by atoms with Crippen LogP contribution in [-0.4, -0.2) is 44.7 Å². The molecule has 0 bridgehead atoms. The number of nitrogens with one attached hydrogen (secondary N) is 1. The molecule has 6 nitrogen and oxygen atoms in total. The highest BCUT2D eigenvalue weighted by molar-refractivity contribution is 5.92. The van der Waals surface area contributed by atoms with E-state index in [2.05, 4.69) is 40.2 Å². The first-order chi connectivity index (χ1) is 12.1. The Morgan fingerprint density at radius 1 is 1.36 bits per heavy atom. The van der Waals surface area contributed by atoms with Gasteiger partial charge < -0.3 is 5.32 Å². The third-order valence-corrected chi connectivity index (χ3v) is 4.66. The molecule has 0 unspecified atom stereocenters. The van der Waals surface area contributed by atoms with E-state index in [9.17, 15) is 4.79 Å². The Labute approximate surface area is 149 Å². The van der Waals surface area contributed by atoms with Crippen LogP contribution < -0.4 is 5.32 Å². The zero-order valence-electron chi connectivity index (χ0n) is 15.1. The van der Waals surface area contributed by atoms with Gasteiger partial charge in [0.05, 0.1) is 5.69 Å². The molecule has 0 atom stereocenters. The van der Waals surface area contributed by atoms with Gasteiger partial charge in [-0.05, 0) is 50.8 Å². The van der Waals surface area contributed by atoms with Crippen LogP contribution in [-0.2, 0) is 19.5 Å². The molecule has 2 aromatic heterocycles. The van der Waals surface area contributed by atoms with Crippen molar-refractivity contribution in [2.45, 2.75) is 52.2 Å². The summed E-state index contributed by atoms with van der Waals surface area (Å²) in [6.07, 6.45) is 6.52. The Morgan fingerprint density at radius 2 is 2.24 bits per heavy atom. The Balaban J connectivity index is 1.52. The van der Waals surface area contributed by atoms with Crippen LogP contribution in [0.2, 0.25) is 0 Å². The van der Waals surface area contributed by atoms with Gasteiger partial charge in [-0.3, -0.25) is 19.4 Å². The Bertz CT molecular complexity index is 695. The van der Waals surface area contributed by atoms with Gasteiger partial charge in [0.15, 0.2) is 0 Å². The van der Waals surface area contributed by atoms with Crippen LogP contribution in [0, 0.1) is 0 Å². The summed E-state index contributed by atoms with van der Waals surface area (Å²) in [5.74, 6) is -0.0807. The van der Waals surface area contributed by atoms with Crippen LogP contribution in [0.3, 0.4) is 0 Å². The maximum absolute atomic E-state index is 12.4. The molecule has 0 radical (unpaired) electrons. The molecule has 25 heavy (non-hydrogen) atoms. The fraction of sp³-hybridized carbons (Fsp3) is 0.526. The number of amides is 1. The standard InChI is InChI=1S/C19H27N5O/c1-15(2)23-10-5-11-24-17(14-23)12-18(22-24)19(25)21-9-4-7-16-6-3-8-20-13-16/h3,6,8,12-13,15H,4-5,7,9-11,14H2,1-2H3,(H,21,25). The molecule has 3 heterocycles. The van der Waals surface area contributed by atoms with Gasteiger partial charge in [0.1, 0.15) is 5.69 Å². The maximum atomic E-state index is 12.4. The maximum Gasteiger partial charge on any atom is 0.271 e. The quantitative estimate of drug-likeness (QED) is 0.819. The number of carbonyl (C=O) groups excluding carboxylic acids is 1. The lowest BCUT2D eigenvalue weighted by Gasteiger charge is -2.23. The summed E-state index contributed by atoms with van der Waals surface area (Å²) in [4.78, 5) is 18.9. The smallest absolute Gasteiger partial charge is 0.271 e. The number of hydrogen-bond acceptors (Lipinski definition) is 4. The number of hydrogen-bond donors (Lipinski definition) is 1. The van der Waals surface area contributed by atoms with Crippen LogP contribution in [0.15, 0.2) is 30.6 Å². The second-order valence-corrected chi connectivity index (χ2v) is 6.88. The molecule has 2 aromatic rings. The van der Waals surface area contributed by atoms with Crippen molar-refractivity contribution in [2.75, 3.05) is 13.1 Å². The van der Waals surface area contributed by atoms with E-state index in [-0.39, 0.29) is 5.91 Å². The van der Waals surface area contributed by atoms with E-state index >= 15 is 0 Å². The molecule has 6 heteroatoms. The number of aryl methyl sites for hydroxylation is 2. The Kier molecular flexibility index (Phi) is 5.81. The number of carbonyl (C=O) groups is 1. The predicted molar refractivity (Wildman–Crippen MR) is 97.3 cm³/mol. The van der Waals surface area contributed by atoms with Gasteiger partial charge in [-0.25, -0.2) is 0 Å². The summed E-state index contributed by atoms with van der Waals surface area (Å²) >= 11 is 0. The van der Waals surface area contributed by atoms with E-state index in [1.807, 2.05) is 23.0 Å². The molecule has 1 aliphatic heterocycles. The van der Waals surface area contributed by atoms with Gasteiger partial charge in [0, 0.05) is 44.6 Å². The molecule has 1 aliphatic rings. The highest BCUT2D eigenvalue weighted by Crippen LogP contribution is 2.15. The van der Waals surface area contributed by atoms with Crippen molar-refractivity contribution in [1.82, 2.24) is 25.0 Å². The first-order valence-corrected chi connectivity index (χ1v) is 9.11. The summed E-state index contributed by atoms with van der Waals surface area (Å²) in [5.41, 5.74) is 2.85. The van der Waals surface area contributed by atoms with Gasteiger partial charge in [-0.1, -0.05) is 6.07 Å². The van der Waals surface area contributed by atoms with E-state index in [4.69, 9.17) is 0 Å². The van der Waals surface area contributed by atoms with E-state index in [1.54, 1.807) is 6.20 Å². The van der Waals surface area contributed by atoms with Crippen molar-refractivity contribution in [3.05, 3.63) is 47.5 Å². The second-order valence-electron chi connectivity index (χ2n) is 6.88. The summed E-state index contributed by atoms with van der Waals surface area (Å²) < 4.78 is 1.99. The summed E-state index contributed by atoms with van der Waals surface area (Å²) in [6.45, 7) is 7.89. The van der Waals surface area contributed by atoms with E-state index in [1.165, 1.54) is 5.56 Å². The summed E-state index contributed by atoms with van der Waals surface area (Å²) in [5, 5.41) is 7.49. The molecule has 0 spiro atoms. The van der Waals surface area contributed by atoms with Gasteiger partial charge >= 0.3 is 0 Å². The largest absolute Gasteiger partial charge is 0.351 e. The average Bonchev–Trinajstić information content (AvgIpc) is 2.91. The Hall–Kier alpha value is -2.21. The third kappa shape index (κ3) is 4.66. The zero-order chi connectivity index (χ0) is 17.6. The lowest BCUT2D eigenvalue weighted by Crippen LogP contribution is -2.30. The lowest BCUT2D eigenvalue weighted by molar-refractivity contribution is 0.0947. The highest BCUT2D eigenvalue weighted by atomic mass is 16.1. The lowest BCUT2D eigenvalue weighted by atomic mass is 10.1. The predicted octanol–water partition coefficient (Wildman–Crippen LogP) is 2.25. The zero-order valence-corrected chi connectivity index (χ0v) is 15.1.